The summed E-state index contributed by atoms with van der Waals surface area (Å²) in [7, 11) is 0. The molecule has 0 aliphatic carbocycles. The second-order valence-corrected chi connectivity index (χ2v) is 3.36. The highest BCUT2D eigenvalue weighted by atomic mass is 35.5. The number of anilines is 1. The van der Waals surface area contributed by atoms with Crippen molar-refractivity contribution < 1.29 is 4.39 Å². The van der Waals surface area contributed by atoms with Gasteiger partial charge in [0.2, 0.25) is 0 Å². The lowest BCUT2D eigenvalue weighted by atomic mass is 10.1. The first-order valence-electron chi connectivity index (χ1n) is 3.36. The Labute approximate surface area is 80.3 Å². The predicted octanol–water partition coefficient (Wildman–Crippen LogP) is 3.33. The second-order valence-electron chi connectivity index (χ2n) is 2.61. The smallest absolute Gasteiger partial charge is 0.146 e. The monoisotopic (exact) mass is 207 g/mol. The third-order valence-electron chi connectivity index (χ3n) is 1.82. The Morgan fingerprint density at radius 3 is 2.08 bits per heavy atom. The van der Waals surface area contributed by atoms with E-state index in [-0.39, 0.29) is 10.0 Å². The first-order valence-corrected chi connectivity index (χ1v) is 4.11. The Morgan fingerprint density at radius 1 is 1.08 bits per heavy atom. The maximum atomic E-state index is 13.2. The van der Waals surface area contributed by atoms with E-state index < -0.39 is 5.82 Å². The normalized spacial score (nSPS) is 10.4. The van der Waals surface area contributed by atoms with Crippen LogP contribution in [0.2, 0.25) is 10.0 Å². The van der Waals surface area contributed by atoms with Crippen LogP contribution in [0.4, 0.5) is 10.1 Å². The van der Waals surface area contributed by atoms with Gasteiger partial charge in [-0.1, -0.05) is 23.2 Å². The van der Waals surface area contributed by atoms with Gasteiger partial charge >= 0.3 is 0 Å². The Balaban J connectivity index is 3.60. The minimum absolute atomic E-state index is 0.0504. The molecule has 0 unspecified atom stereocenters. The molecule has 1 rings (SSSR count). The van der Waals surface area contributed by atoms with Crippen LogP contribution in [0.25, 0.3) is 0 Å². The molecular weight excluding hydrogens is 200 g/mol. The van der Waals surface area contributed by atoms with Gasteiger partial charge in [0.05, 0.1) is 15.7 Å². The largest absolute Gasteiger partial charge is 0.397 e. The van der Waals surface area contributed by atoms with Gasteiger partial charge in [0, 0.05) is 5.56 Å². The van der Waals surface area contributed by atoms with E-state index in [9.17, 15) is 4.39 Å². The zero-order chi connectivity index (χ0) is 9.46. The van der Waals surface area contributed by atoms with E-state index in [4.69, 9.17) is 28.9 Å². The molecule has 4 heteroatoms. The Hall–Kier alpha value is -0.470. The molecule has 0 aliphatic heterocycles. The summed E-state index contributed by atoms with van der Waals surface area (Å²) in [6.45, 7) is 3.17. The minimum Gasteiger partial charge on any atom is -0.397 e. The summed E-state index contributed by atoms with van der Waals surface area (Å²) in [4.78, 5) is 0. The van der Waals surface area contributed by atoms with Crippen LogP contribution >= 0.6 is 23.2 Å². The molecule has 0 atom stereocenters. The van der Waals surface area contributed by atoms with Crippen molar-refractivity contribution in [2.45, 2.75) is 13.8 Å². The molecule has 66 valence electrons. The van der Waals surface area contributed by atoms with E-state index in [1.165, 1.54) is 0 Å². The van der Waals surface area contributed by atoms with Gasteiger partial charge < -0.3 is 5.73 Å². The maximum absolute atomic E-state index is 13.2. The van der Waals surface area contributed by atoms with Crippen molar-refractivity contribution >= 4 is 28.9 Å². The minimum atomic E-state index is -0.492. The molecule has 12 heavy (non-hydrogen) atoms. The number of hydrogen-bond acceptors (Lipinski definition) is 1. The molecule has 2 N–H and O–H groups in total. The summed E-state index contributed by atoms with van der Waals surface area (Å²) in [5, 5.41) is 0.295. The maximum Gasteiger partial charge on any atom is 0.146 e. The van der Waals surface area contributed by atoms with Crippen LogP contribution in [0, 0.1) is 19.7 Å². The zero-order valence-corrected chi connectivity index (χ0v) is 8.22. The van der Waals surface area contributed by atoms with Gasteiger partial charge in [0.15, 0.2) is 0 Å². The fourth-order valence-corrected chi connectivity index (χ4v) is 1.38. The highest BCUT2D eigenvalue weighted by molar-refractivity contribution is 6.36. The van der Waals surface area contributed by atoms with Crippen LogP contribution in [0.15, 0.2) is 0 Å². The van der Waals surface area contributed by atoms with Crippen LogP contribution in [-0.2, 0) is 0 Å². The lowest BCUT2D eigenvalue weighted by Gasteiger charge is -2.09. The number of rotatable bonds is 0. The van der Waals surface area contributed by atoms with Crippen molar-refractivity contribution in [3.8, 4) is 0 Å². The van der Waals surface area contributed by atoms with Crippen molar-refractivity contribution in [1.82, 2.24) is 0 Å². The van der Waals surface area contributed by atoms with Crippen molar-refractivity contribution in [2.75, 3.05) is 5.73 Å². The van der Waals surface area contributed by atoms with Gasteiger partial charge in [-0.25, -0.2) is 4.39 Å². The Bertz CT molecular complexity index is 231. The third-order valence-corrected chi connectivity index (χ3v) is 2.76. The van der Waals surface area contributed by atoms with Gasteiger partial charge in [-0.3, -0.25) is 0 Å². The second kappa shape index (κ2) is 3.11. The fraction of sp³-hybridized carbons (Fsp3) is 0.250. The lowest BCUT2D eigenvalue weighted by Crippen LogP contribution is -1.97. The molecule has 0 aliphatic rings. The lowest BCUT2D eigenvalue weighted by molar-refractivity contribution is 0.618. The molecule has 1 nitrogen and oxygen atoms in total. The summed E-state index contributed by atoms with van der Waals surface area (Å²) in [5.74, 6) is -0.492. The molecule has 0 spiro atoms. The Kier molecular flexibility index (Phi) is 2.49. The molecule has 0 aromatic heterocycles. The standard InChI is InChI=1S/C8H8Cl2FN/c1-3-6(10)8(12)4(2)5(9)7(3)11/h12H2,1-2H3. The summed E-state index contributed by atoms with van der Waals surface area (Å²) in [6, 6.07) is 0. The molecule has 1 aromatic carbocycles. The molecule has 0 bridgehead atoms. The molecular formula is C8H8Cl2FN. The van der Waals surface area contributed by atoms with E-state index in [1.54, 1.807) is 13.8 Å². The van der Waals surface area contributed by atoms with Gasteiger partial charge in [-0.05, 0) is 19.4 Å². The van der Waals surface area contributed by atoms with Crippen molar-refractivity contribution in [3.05, 3.63) is 27.0 Å². The zero-order valence-electron chi connectivity index (χ0n) is 6.71. The van der Waals surface area contributed by atoms with Gasteiger partial charge in [-0.2, -0.15) is 0 Å². The summed E-state index contributed by atoms with van der Waals surface area (Å²) in [5.41, 5.74) is 6.70. The molecule has 0 saturated carbocycles. The fourth-order valence-electron chi connectivity index (χ4n) is 0.910. The first-order chi connectivity index (χ1) is 5.46. The molecule has 0 radical (unpaired) electrons. The predicted molar refractivity (Wildman–Crippen MR) is 50.3 cm³/mol. The molecule has 0 heterocycles. The molecule has 0 fully saturated rings. The summed E-state index contributed by atoms with van der Waals surface area (Å²) in [6.07, 6.45) is 0. The van der Waals surface area contributed by atoms with Crippen LogP contribution in [-0.4, -0.2) is 0 Å². The van der Waals surface area contributed by atoms with E-state index in [0.717, 1.165) is 0 Å². The quantitative estimate of drug-likeness (QED) is 0.513. The first kappa shape index (κ1) is 9.62. The Morgan fingerprint density at radius 2 is 1.58 bits per heavy atom. The van der Waals surface area contributed by atoms with Crippen molar-refractivity contribution in [2.24, 2.45) is 0 Å². The number of nitrogen functional groups attached to an aromatic ring is 1. The van der Waals surface area contributed by atoms with Crippen LogP contribution in [0.5, 0.6) is 0 Å². The molecule has 0 amide bonds. The number of halogens is 3. The van der Waals surface area contributed by atoms with E-state index in [1.807, 2.05) is 0 Å². The van der Waals surface area contributed by atoms with Gasteiger partial charge in [-0.15, -0.1) is 0 Å². The summed E-state index contributed by atoms with van der Waals surface area (Å²) >= 11 is 11.4. The topological polar surface area (TPSA) is 26.0 Å². The van der Waals surface area contributed by atoms with Crippen LogP contribution < -0.4 is 5.73 Å². The van der Waals surface area contributed by atoms with E-state index >= 15 is 0 Å². The van der Waals surface area contributed by atoms with Crippen molar-refractivity contribution in [1.29, 1.82) is 0 Å². The van der Waals surface area contributed by atoms with E-state index in [0.29, 0.717) is 16.8 Å². The average Bonchev–Trinajstić information content (AvgIpc) is 2.08. The SMILES string of the molecule is Cc1c(F)c(Cl)c(C)c(N)c1Cl. The highest BCUT2D eigenvalue weighted by Gasteiger charge is 2.14. The highest BCUT2D eigenvalue weighted by Crippen LogP contribution is 2.34. The summed E-state index contributed by atoms with van der Waals surface area (Å²) < 4.78 is 13.2. The number of nitrogens with two attached hydrogens (primary N) is 1. The molecule has 1 aromatic rings. The molecule has 0 saturated heterocycles. The average molecular weight is 208 g/mol. The van der Waals surface area contributed by atoms with Crippen LogP contribution in [0.1, 0.15) is 11.1 Å². The van der Waals surface area contributed by atoms with Crippen LogP contribution in [0.3, 0.4) is 0 Å². The van der Waals surface area contributed by atoms with Gasteiger partial charge in [0.25, 0.3) is 0 Å². The number of hydrogen-bond donors (Lipinski definition) is 1. The van der Waals surface area contributed by atoms with Crippen molar-refractivity contribution in [3.63, 3.8) is 0 Å². The van der Waals surface area contributed by atoms with E-state index in [2.05, 4.69) is 0 Å². The number of benzene rings is 1. The van der Waals surface area contributed by atoms with Gasteiger partial charge in [0.1, 0.15) is 5.82 Å². The third kappa shape index (κ3) is 1.25.